The van der Waals surface area contributed by atoms with E-state index in [-0.39, 0.29) is 17.9 Å². The zero-order valence-electron chi connectivity index (χ0n) is 12.4. The summed E-state index contributed by atoms with van der Waals surface area (Å²) in [4.78, 5) is 14.0. The molecule has 0 fully saturated rings. The maximum Gasteiger partial charge on any atom is 0.226 e. The Hall–Kier alpha value is -1.55. The number of nitrogens with zero attached hydrogens (tertiary/aromatic N) is 1. The van der Waals surface area contributed by atoms with Crippen LogP contribution in [0.25, 0.3) is 0 Å². The van der Waals surface area contributed by atoms with E-state index < -0.39 is 0 Å². The molecule has 0 aliphatic carbocycles. The summed E-state index contributed by atoms with van der Waals surface area (Å²) in [5.74, 6) is 0.960. The molecule has 0 heterocycles. The van der Waals surface area contributed by atoms with Gasteiger partial charge in [-0.05, 0) is 31.7 Å². The Morgan fingerprint density at radius 1 is 1.32 bits per heavy atom. The fraction of sp³-hybridized carbons (Fsp3) is 0.533. The van der Waals surface area contributed by atoms with Gasteiger partial charge < -0.3 is 15.0 Å². The van der Waals surface area contributed by atoms with Gasteiger partial charge in [0.05, 0.1) is 13.2 Å². The van der Waals surface area contributed by atoms with Crippen LogP contribution in [0.4, 0.5) is 0 Å². The summed E-state index contributed by atoms with van der Waals surface area (Å²) in [7, 11) is 5.35. The van der Waals surface area contributed by atoms with Crippen LogP contribution in [0.2, 0.25) is 0 Å². The first-order valence-electron chi connectivity index (χ1n) is 6.56. The van der Waals surface area contributed by atoms with E-state index in [0.29, 0.717) is 6.54 Å². The highest BCUT2D eigenvalue weighted by Gasteiger charge is 2.21. The molecule has 2 unspecified atom stereocenters. The van der Waals surface area contributed by atoms with Gasteiger partial charge in [-0.3, -0.25) is 4.79 Å². The first-order valence-corrected chi connectivity index (χ1v) is 6.56. The van der Waals surface area contributed by atoms with Crippen molar-refractivity contribution >= 4 is 5.91 Å². The van der Waals surface area contributed by atoms with Gasteiger partial charge >= 0.3 is 0 Å². The van der Waals surface area contributed by atoms with E-state index in [2.05, 4.69) is 5.32 Å². The van der Waals surface area contributed by atoms with Crippen molar-refractivity contribution in [1.29, 1.82) is 0 Å². The van der Waals surface area contributed by atoms with E-state index in [1.807, 2.05) is 52.2 Å². The van der Waals surface area contributed by atoms with Crippen LogP contribution in [0.5, 0.6) is 5.75 Å². The molecule has 19 heavy (non-hydrogen) atoms. The lowest BCUT2D eigenvalue weighted by Gasteiger charge is -2.28. The SMILES string of the molecule is CNCC(C)C(=O)N(C)C(C)c1ccc(OC)cc1. The average molecular weight is 264 g/mol. The van der Waals surface area contributed by atoms with Crippen LogP contribution in [0.3, 0.4) is 0 Å². The van der Waals surface area contributed by atoms with Crippen molar-refractivity contribution in [2.45, 2.75) is 19.9 Å². The zero-order valence-corrected chi connectivity index (χ0v) is 12.4. The first kappa shape index (κ1) is 15.5. The van der Waals surface area contributed by atoms with E-state index in [0.717, 1.165) is 11.3 Å². The van der Waals surface area contributed by atoms with Gasteiger partial charge in [0.25, 0.3) is 0 Å². The molecular weight excluding hydrogens is 240 g/mol. The molecule has 4 nitrogen and oxygen atoms in total. The number of amides is 1. The molecule has 0 radical (unpaired) electrons. The lowest BCUT2D eigenvalue weighted by molar-refractivity contribution is -0.135. The van der Waals surface area contributed by atoms with Gasteiger partial charge in [-0.15, -0.1) is 0 Å². The minimum atomic E-state index is -0.0179. The topological polar surface area (TPSA) is 41.6 Å². The molecule has 0 aliphatic rings. The van der Waals surface area contributed by atoms with Gasteiger partial charge in [0, 0.05) is 19.5 Å². The highest BCUT2D eigenvalue weighted by atomic mass is 16.5. The number of hydrogen-bond acceptors (Lipinski definition) is 3. The number of carbonyl (C=O) groups is 1. The third kappa shape index (κ3) is 3.96. The minimum Gasteiger partial charge on any atom is -0.497 e. The predicted molar refractivity (Wildman–Crippen MR) is 77.3 cm³/mol. The summed E-state index contributed by atoms with van der Waals surface area (Å²) >= 11 is 0. The summed E-state index contributed by atoms with van der Waals surface area (Å²) in [6, 6.07) is 7.88. The van der Waals surface area contributed by atoms with Crippen molar-refractivity contribution < 1.29 is 9.53 Å². The molecule has 0 spiro atoms. The van der Waals surface area contributed by atoms with E-state index in [1.165, 1.54) is 0 Å². The van der Waals surface area contributed by atoms with Gasteiger partial charge in [0.1, 0.15) is 5.75 Å². The Morgan fingerprint density at radius 2 is 1.89 bits per heavy atom. The molecule has 0 bridgehead atoms. The smallest absolute Gasteiger partial charge is 0.226 e. The Balaban J connectivity index is 2.74. The van der Waals surface area contributed by atoms with E-state index in [4.69, 9.17) is 4.74 Å². The molecule has 1 rings (SSSR count). The van der Waals surface area contributed by atoms with Crippen LogP contribution >= 0.6 is 0 Å². The molecule has 0 saturated carbocycles. The van der Waals surface area contributed by atoms with E-state index in [9.17, 15) is 4.79 Å². The highest BCUT2D eigenvalue weighted by molar-refractivity contribution is 5.78. The summed E-state index contributed by atoms with van der Waals surface area (Å²) in [5, 5.41) is 3.03. The van der Waals surface area contributed by atoms with Crippen LogP contribution in [-0.4, -0.2) is 38.6 Å². The minimum absolute atomic E-state index is 0.0179. The van der Waals surface area contributed by atoms with Gasteiger partial charge in [0.2, 0.25) is 5.91 Å². The molecule has 1 amide bonds. The fourth-order valence-electron chi connectivity index (χ4n) is 2.04. The maximum atomic E-state index is 12.2. The normalized spacial score (nSPS) is 13.7. The molecule has 4 heteroatoms. The van der Waals surface area contributed by atoms with Crippen LogP contribution < -0.4 is 10.1 Å². The fourth-order valence-corrected chi connectivity index (χ4v) is 2.04. The van der Waals surface area contributed by atoms with Crippen molar-refractivity contribution in [3.05, 3.63) is 29.8 Å². The van der Waals surface area contributed by atoms with Crippen LogP contribution in [0.1, 0.15) is 25.5 Å². The Labute approximate surface area is 115 Å². The van der Waals surface area contributed by atoms with Gasteiger partial charge in [0.15, 0.2) is 0 Å². The number of hydrogen-bond donors (Lipinski definition) is 1. The van der Waals surface area contributed by atoms with E-state index in [1.54, 1.807) is 12.0 Å². The lowest BCUT2D eigenvalue weighted by Crippen LogP contribution is -2.37. The summed E-state index contributed by atoms with van der Waals surface area (Å²) < 4.78 is 5.14. The zero-order chi connectivity index (χ0) is 14.4. The third-order valence-electron chi connectivity index (χ3n) is 3.46. The average Bonchev–Trinajstić information content (AvgIpc) is 2.45. The van der Waals surface area contributed by atoms with Crippen molar-refractivity contribution in [3.63, 3.8) is 0 Å². The molecule has 0 aliphatic heterocycles. The Bertz CT molecular complexity index is 403. The summed E-state index contributed by atoms with van der Waals surface area (Å²) in [6.07, 6.45) is 0. The Kier molecular flexibility index (Phi) is 5.83. The number of carbonyl (C=O) groups excluding carboxylic acids is 1. The molecule has 0 saturated heterocycles. The van der Waals surface area contributed by atoms with Crippen LogP contribution in [-0.2, 0) is 4.79 Å². The molecule has 1 aromatic rings. The van der Waals surface area contributed by atoms with Crippen LogP contribution in [0, 0.1) is 5.92 Å². The van der Waals surface area contributed by atoms with Gasteiger partial charge in [-0.1, -0.05) is 19.1 Å². The molecule has 2 atom stereocenters. The number of nitrogens with one attached hydrogen (secondary N) is 1. The number of rotatable bonds is 6. The maximum absolute atomic E-state index is 12.2. The van der Waals surface area contributed by atoms with Gasteiger partial charge in [-0.25, -0.2) is 0 Å². The third-order valence-corrected chi connectivity index (χ3v) is 3.46. The predicted octanol–water partition coefficient (Wildman–Crippen LogP) is 2.07. The monoisotopic (exact) mass is 264 g/mol. The number of benzene rings is 1. The van der Waals surface area contributed by atoms with Crippen molar-refractivity contribution in [2.24, 2.45) is 5.92 Å². The molecule has 1 aromatic carbocycles. The second kappa shape index (κ2) is 7.14. The standard InChI is InChI=1S/C15H24N2O2/c1-11(10-16-3)15(18)17(4)12(2)13-6-8-14(19-5)9-7-13/h6-9,11-12,16H,10H2,1-5H3. The largest absolute Gasteiger partial charge is 0.497 e. The number of methoxy groups -OCH3 is 1. The molecular formula is C15H24N2O2. The van der Waals surface area contributed by atoms with Crippen LogP contribution in [0.15, 0.2) is 24.3 Å². The first-order chi connectivity index (χ1) is 9.01. The summed E-state index contributed by atoms with van der Waals surface area (Å²) in [5.41, 5.74) is 1.10. The Morgan fingerprint density at radius 3 is 2.37 bits per heavy atom. The van der Waals surface area contributed by atoms with E-state index >= 15 is 0 Å². The van der Waals surface area contributed by atoms with Gasteiger partial charge in [-0.2, -0.15) is 0 Å². The summed E-state index contributed by atoms with van der Waals surface area (Å²) in [6.45, 7) is 4.67. The molecule has 0 aromatic heterocycles. The quantitative estimate of drug-likeness (QED) is 0.855. The second-order valence-corrected chi connectivity index (χ2v) is 4.86. The van der Waals surface area contributed by atoms with Crippen molar-refractivity contribution in [1.82, 2.24) is 10.2 Å². The molecule has 1 N–H and O–H groups in total. The number of ether oxygens (including phenoxy) is 1. The van der Waals surface area contributed by atoms with Crippen molar-refractivity contribution in [2.75, 3.05) is 27.7 Å². The molecule has 106 valence electrons. The second-order valence-electron chi connectivity index (χ2n) is 4.86. The lowest BCUT2D eigenvalue weighted by atomic mass is 10.0. The van der Waals surface area contributed by atoms with Crippen molar-refractivity contribution in [3.8, 4) is 5.75 Å². The highest BCUT2D eigenvalue weighted by Crippen LogP contribution is 2.22.